The summed E-state index contributed by atoms with van der Waals surface area (Å²) in [5.74, 6) is 0.395. The lowest BCUT2D eigenvalue weighted by Crippen LogP contribution is -2.62. The molecule has 8 heteroatoms. The highest BCUT2D eigenvalue weighted by Crippen LogP contribution is 2.21. The summed E-state index contributed by atoms with van der Waals surface area (Å²) in [7, 11) is 0. The van der Waals surface area contributed by atoms with Gasteiger partial charge in [-0.3, -0.25) is 9.59 Å². The molecule has 1 aromatic heterocycles. The van der Waals surface area contributed by atoms with Crippen LogP contribution in [0, 0.1) is 13.8 Å². The highest BCUT2D eigenvalue weighted by Gasteiger charge is 2.44. The van der Waals surface area contributed by atoms with Crippen LogP contribution in [0.3, 0.4) is 0 Å². The first-order chi connectivity index (χ1) is 10.5. The van der Waals surface area contributed by atoms with Crippen molar-refractivity contribution in [3.8, 4) is 0 Å². The van der Waals surface area contributed by atoms with E-state index in [9.17, 15) is 14.4 Å². The number of rotatable bonds is 4. The highest BCUT2D eigenvalue weighted by atomic mass is 16.6. The van der Waals surface area contributed by atoms with Crippen LogP contribution >= 0.6 is 0 Å². The average Bonchev–Trinajstić information content (AvgIpc) is 2.91. The van der Waals surface area contributed by atoms with E-state index in [4.69, 9.17) is 4.52 Å². The third-order valence-electron chi connectivity index (χ3n) is 4.13. The van der Waals surface area contributed by atoms with Gasteiger partial charge in [-0.1, -0.05) is 5.16 Å². The first-order valence-electron chi connectivity index (χ1n) is 7.15. The lowest BCUT2D eigenvalue weighted by atomic mass is 10.0. The molecule has 3 amide bonds. The third-order valence-corrected chi connectivity index (χ3v) is 4.13. The number of carbonyl (C=O) groups is 3. The van der Waals surface area contributed by atoms with Crippen LogP contribution in [0.5, 0.6) is 0 Å². The number of cyclic esters (lactones) is 1. The molecule has 0 radical (unpaired) electrons. The molecule has 1 aromatic rings. The Morgan fingerprint density at radius 1 is 1.32 bits per heavy atom. The minimum atomic E-state index is -0.613. The number of aryl methyl sites for hydroxylation is 2. The molecule has 0 aliphatic carbocycles. The van der Waals surface area contributed by atoms with Gasteiger partial charge in [-0.2, -0.15) is 0 Å². The lowest BCUT2D eigenvalue weighted by molar-refractivity contribution is -0.142. The molecule has 2 aliphatic heterocycles. The molecule has 22 heavy (non-hydrogen) atoms. The normalized spacial score (nSPS) is 18.6. The van der Waals surface area contributed by atoms with Gasteiger partial charge < -0.3 is 14.2 Å². The van der Waals surface area contributed by atoms with E-state index >= 15 is 0 Å². The summed E-state index contributed by atoms with van der Waals surface area (Å²) < 4.78 is 9.74. The van der Waals surface area contributed by atoms with Crippen LogP contribution < -0.4 is 0 Å². The van der Waals surface area contributed by atoms with Crippen LogP contribution in [-0.2, 0) is 20.7 Å². The summed E-state index contributed by atoms with van der Waals surface area (Å²) in [6.45, 7) is 4.22. The van der Waals surface area contributed by atoms with Gasteiger partial charge >= 0.3 is 6.09 Å². The van der Waals surface area contributed by atoms with E-state index in [2.05, 4.69) is 9.89 Å². The molecule has 2 aliphatic rings. The SMILES string of the molecule is Cc1noc(C)c1CCC(=O)N1CC(N2C(=O)COC2=O)C1. The maximum atomic E-state index is 12.1. The number of ether oxygens (including phenoxy) is 1. The zero-order valence-electron chi connectivity index (χ0n) is 12.5. The Hall–Kier alpha value is -2.38. The van der Waals surface area contributed by atoms with Gasteiger partial charge in [0.25, 0.3) is 5.91 Å². The standard InChI is InChI=1S/C14H17N3O5/c1-8-11(9(2)22-15-8)3-4-12(18)16-5-10(6-16)17-13(19)7-21-14(17)20/h10H,3-7H2,1-2H3. The number of nitrogens with zero attached hydrogens (tertiary/aromatic N) is 3. The third kappa shape index (κ3) is 2.44. The van der Waals surface area contributed by atoms with E-state index in [1.54, 1.807) is 4.90 Å². The van der Waals surface area contributed by atoms with Crippen molar-refractivity contribution in [1.82, 2.24) is 15.0 Å². The van der Waals surface area contributed by atoms with Crippen LogP contribution in [-0.4, -0.2) is 58.6 Å². The van der Waals surface area contributed by atoms with Gasteiger partial charge in [0, 0.05) is 25.1 Å². The minimum absolute atomic E-state index is 0.00346. The summed E-state index contributed by atoms with van der Waals surface area (Å²) in [5, 5.41) is 3.86. The fraction of sp³-hybridized carbons (Fsp3) is 0.571. The topological polar surface area (TPSA) is 93.0 Å². The van der Waals surface area contributed by atoms with E-state index in [-0.39, 0.29) is 24.5 Å². The zero-order chi connectivity index (χ0) is 15.9. The second-order valence-corrected chi connectivity index (χ2v) is 5.57. The van der Waals surface area contributed by atoms with Crippen LogP contribution in [0.2, 0.25) is 0 Å². The summed E-state index contributed by atoms with van der Waals surface area (Å²) >= 11 is 0. The predicted molar refractivity (Wildman–Crippen MR) is 72.9 cm³/mol. The first-order valence-corrected chi connectivity index (χ1v) is 7.15. The van der Waals surface area contributed by atoms with Gasteiger partial charge in [0.05, 0.1) is 11.7 Å². The Balaban J connectivity index is 1.50. The average molecular weight is 307 g/mol. The number of aromatic nitrogens is 1. The Morgan fingerprint density at radius 3 is 2.59 bits per heavy atom. The molecule has 0 aromatic carbocycles. The number of likely N-dealkylation sites (tertiary alicyclic amines) is 1. The Kier molecular flexibility index (Phi) is 3.59. The number of hydrogen-bond donors (Lipinski definition) is 0. The Labute approximate surface area is 127 Å². The number of imide groups is 1. The quantitative estimate of drug-likeness (QED) is 0.800. The van der Waals surface area contributed by atoms with Crippen molar-refractivity contribution < 1.29 is 23.6 Å². The molecule has 118 valence electrons. The van der Waals surface area contributed by atoms with Gasteiger partial charge in [0.2, 0.25) is 5.91 Å². The molecule has 0 unspecified atom stereocenters. The van der Waals surface area contributed by atoms with Crippen LogP contribution in [0.15, 0.2) is 4.52 Å². The van der Waals surface area contributed by atoms with E-state index in [0.717, 1.165) is 21.9 Å². The largest absolute Gasteiger partial charge is 0.439 e. The molecule has 0 bridgehead atoms. The van der Waals surface area contributed by atoms with Gasteiger partial charge in [-0.15, -0.1) is 0 Å². The van der Waals surface area contributed by atoms with Crippen molar-refractivity contribution >= 4 is 17.9 Å². The van der Waals surface area contributed by atoms with Gasteiger partial charge in [0.15, 0.2) is 6.61 Å². The van der Waals surface area contributed by atoms with E-state index in [1.165, 1.54) is 0 Å². The molecule has 2 saturated heterocycles. The summed E-state index contributed by atoms with van der Waals surface area (Å²) in [5.41, 5.74) is 1.76. The monoisotopic (exact) mass is 307 g/mol. The van der Waals surface area contributed by atoms with Crippen LogP contribution in [0.1, 0.15) is 23.4 Å². The number of carbonyl (C=O) groups excluding carboxylic acids is 3. The van der Waals surface area contributed by atoms with Gasteiger partial charge in [-0.05, 0) is 20.3 Å². The molecule has 0 atom stereocenters. The Bertz CT molecular complexity index is 597. The predicted octanol–water partition coefficient (Wildman–Crippen LogP) is 0.414. The molecule has 8 nitrogen and oxygen atoms in total. The molecule has 0 spiro atoms. The summed E-state index contributed by atoms with van der Waals surface area (Å²) in [6, 6.07) is -0.259. The van der Waals surface area contributed by atoms with Crippen LogP contribution in [0.4, 0.5) is 4.79 Å². The molecule has 0 N–H and O–H groups in total. The summed E-state index contributed by atoms with van der Waals surface area (Å²) in [4.78, 5) is 37.8. The van der Waals surface area contributed by atoms with Crippen molar-refractivity contribution in [2.75, 3.05) is 19.7 Å². The van der Waals surface area contributed by atoms with Crippen molar-refractivity contribution in [3.05, 3.63) is 17.0 Å². The molecular weight excluding hydrogens is 290 g/mol. The van der Waals surface area contributed by atoms with Crippen molar-refractivity contribution in [2.45, 2.75) is 32.7 Å². The smallest absolute Gasteiger partial charge is 0.417 e. The van der Waals surface area contributed by atoms with Gasteiger partial charge in [-0.25, -0.2) is 9.69 Å². The van der Waals surface area contributed by atoms with E-state index in [1.807, 2.05) is 13.8 Å². The summed E-state index contributed by atoms with van der Waals surface area (Å²) in [6.07, 6.45) is 0.317. The fourth-order valence-corrected chi connectivity index (χ4v) is 2.79. The number of hydrogen-bond acceptors (Lipinski definition) is 6. The molecular formula is C14H17N3O5. The van der Waals surface area contributed by atoms with Crippen molar-refractivity contribution in [3.63, 3.8) is 0 Å². The molecule has 2 fully saturated rings. The first kappa shape index (κ1) is 14.6. The minimum Gasteiger partial charge on any atom is -0.439 e. The maximum absolute atomic E-state index is 12.1. The maximum Gasteiger partial charge on any atom is 0.417 e. The molecule has 3 rings (SSSR count). The number of amides is 3. The Morgan fingerprint density at radius 2 is 2.05 bits per heavy atom. The van der Waals surface area contributed by atoms with Crippen molar-refractivity contribution in [2.24, 2.45) is 0 Å². The second kappa shape index (κ2) is 5.43. The lowest BCUT2D eigenvalue weighted by Gasteiger charge is -2.42. The second-order valence-electron chi connectivity index (χ2n) is 5.57. The van der Waals surface area contributed by atoms with Gasteiger partial charge in [0.1, 0.15) is 5.76 Å². The zero-order valence-corrected chi connectivity index (χ0v) is 12.5. The van der Waals surface area contributed by atoms with E-state index in [0.29, 0.717) is 25.9 Å². The molecule has 0 saturated carbocycles. The highest BCUT2D eigenvalue weighted by molar-refractivity contribution is 5.98. The van der Waals surface area contributed by atoms with E-state index < -0.39 is 6.09 Å². The van der Waals surface area contributed by atoms with Crippen LogP contribution in [0.25, 0.3) is 0 Å². The fourth-order valence-electron chi connectivity index (χ4n) is 2.79. The van der Waals surface area contributed by atoms with Crippen molar-refractivity contribution in [1.29, 1.82) is 0 Å². The molecule has 3 heterocycles.